The molecule has 0 unspecified atom stereocenters. The first kappa shape index (κ1) is 24.7. The van der Waals surface area contributed by atoms with Crippen molar-refractivity contribution >= 4 is 22.2 Å². The molecule has 7 nitrogen and oxygen atoms in total. The average molecular weight is 555 g/mol. The summed E-state index contributed by atoms with van der Waals surface area (Å²) in [6, 6.07) is 41.8. The van der Waals surface area contributed by atoms with Crippen molar-refractivity contribution < 1.29 is 4.42 Å². The highest BCUT2D eigenvalue weighted by Gasteiger charge is 2.19. The van der Waals surface area contributed by atoms with Crippen LogP contribution in [-0.2, 0) is 0 Å². The number of pyridine rings is 1. The Morgan fingerprint density at radius 2 is 0.860 bits per heavy atom. The molecule has 0 fully saturated rings. The summed E-state index contributed by atoms with van der Waals surface area (Å²) in [7, 11) is 0. The van der Waals surface area contributed by atoms with Crippen LogP contribution in [0.5, 0.6) is 0 Å². The minimum absolute atomic E-state index is 0.537. The first-order valence-electron chi connectivity index (χ1n) is 13.9. The molecular formula is C36H22N6O. The summed E-state index contributed by atoms with van der Waals surface area (Å²) in [5.41, 5.74) is 7.13. The molecule has 0 aliphatic carbocycles. The van der Waals surface area contributed by atoms with Crippen molar-refractivity contribution in [3.05, 3.63) is 134 Å². The second-order valence-electron chi connectivity index (χ2n) is 10.0. The zero-order valence-electron chi connectivity index (χ0n) is 22.8. The predicted molar refractivity (Wildman–Crippen MR) is 168 cm³/mol. The summed E-state index contributed by atoms with van der Waals surface area (Å²) >= 11 is 0. The van der Waals surface area contributed by atoms with Gasteiger partial charge in [-0.3, -0.25) is 0 Å². The monoisotopic (exact) mass is 554 g/mol. The minimum atomic E-state index is 0.537. The van der Waals surface area contributed by atoms with Crippen LogP contribution in [-0.4, -0.2) is 29.9 Å². The highest BCUT2D eigenvalue weighted by atomic mass is 16.3. The van der Waals surface area contributed by atoms with Gasteiger partial charge in [-0.2, -0.15) is 0 Å². The normalized spacial score (nSPS) is 11.3. The maximum atomic E-state index is 6.14. The smallest absolute Gasteiger partial charge is 0.229 e. The molecule has 0 saturated carbocycles. The summed E-state index contributed by atoms with van der Waals surface area (Å²) in [5.74, 6) is 2.42. The fourth-order valence-electron chi connectivity index (χ4n) is 5.11. The van der Waals surface area contributed by atoms with Crippen LogP contribution in [0, 0.1) is 0 Å². The Bertz CT molecular complexity index is 2160. The predicted octanol–water partition coefficient (Wildman–Crippen LogP) is 8.29. The SMILES string of the molecule is c1ccc(-c2nc(-c3ccccc3)nc(-c3ccc(-c4nc(-c5ccccc5)c5oc6ncccc6c5n4)cc3)n2)cc1. The van der Waals surface area contributed by atoms with Crippen molar-refractivity contribution in [2.24, 2.45) is 0 Å². The second kappa shape index (κ2) is 10.4. The Hall–Kier alpha value is -6.08. The van der Waals surface area contributed by atoms with E-state index in [1.54, 1.807) is 6.20 Å². The van der Waals surface area contributed by atoms with Crippen molar-refractivity contribution in [2.75, 3.05) is 0 Å². The maximum Gasteiger partial charge on any atom is 0.229 e. The standard InChI is InChI=1S/C36H22N6O/c1-4-11-23(12-5-1)29-31-30(28-17-10-22-37-36(28)43-31)39-32(38-29)26-18-20-27(21-19-26)35-41-33(24-13-6-2-7-14-24)40-34(42-35)25-15-8-3-9-16-25/h1-22H. The Morgan fingerprint density at radius 3 is 1.40 bits per heavy atom. The number of rotatable bonds is 5. The first-order chi connectivity index (χ1) is 21.3. The van der Waals surface area contributed by atoms with Gasteiger partial charge in [0.05, 0.1) is 5.39 Å². The van der Waals surface area contributed by atoms with Crippen molar-refractivity contribution in [2.45, 2.75) is 0 Å². The zero-order chi connectivity index (χ0) is 28.6. The molecule has 0 bridgehead atoms. The van der Waals surface area contributed by atoms with Gasteiger partial charge < -0.3 is 4.42 Å². The van der Waals surface area contributed by atoms with Crippen LogP contribution in [0.3, 0.4) is 0 Å². The van der Waals surface area contributed by atoms with E-state index in [1.807, 2.05) is 127 Å². The van der Waals surface area contributed by atoms with Crippen LogP contribution < -0.4 is 0 Å². The van der Waals surface area contributed by atoms with Gasteiger partial charge >= 0.3 is 0 Å². The van der Waals surface area contributed by atoms with Crippen LogP contribution in [0.1, 0.15) is 0 Å². The number of hydrogen-bond acceptors (Lipinski definition) is 7. The summed E-state index contributed by atoms with van der Waals surface area (Å²) in [6.07, 6.45) is 1.72. The van der Waals surface area contributed by atoms with E-state index in [0.717, 1.165) is 44.4 Å². The maximum absolute atomic E-state index is 6.14. The van der Waals surface area contributed by atoms with Gasteiger partial charge in [0.25, 0.3) is 0 Å². The number of fused-ring (bicyclic) bond motifs is 3. The third kappa shape index (κ3) is 4.59. The van der Waals surface area contributed by atoms with Crippen LogP contribution in [0.4, 0.5) is 0 Å². The molecule has 8 aromatic rings. The molecule has 0 aliphatic heterocycles. The molecule has 4 aromatic carbocycles. The van der Waals surface area contributed by atoms with Crippen molar-refractivity contribution in [3.63, 3.8) is 0 Å². The Balaban J connectivity index is 1.25. The summed E-state index contributed by atoms with van der Waals surface area (Å²) < 4.78 is 6.14. The second-order valence-corrected chi connectivity index (χ2v) is 10.0. The fraction of sp³-hybridized carbons (Fsp3) is 0. The fourth-order valence-corrected chi connectivity index (χ4v) is 5.11. The van der Waals surface area contributed by atoms with Crippen LogP contribution in [0.2, 0.25) is 0 Å². The van der Waals surface area contributed by atoms with Gasteiger partial charge in [0.1, 0.15) is 11.2 Å². The molecule has 0 N–H and O–H groups in total. The van der Waals surface area contributed by atoms with Crippen LogP contribution in [0.25, 0.3) is 79.0 Å². The number of furan rings is 1. The van der Waals surface area contributed by atoms with E-state index >= 15 is 0 Å². The molecule has 4 aromatic heterocycles. The third-order valence-electron chi connectivity index (χ3n) is 7.24. The molecule has 7 heteroatoms. The average Bonchev–Trinajstić information content (AvgIpc) is 3.48. The molecule has 0 radical (unpaired) electrons. The Morgan fingerprint density at radius 1 is 0.395 bits per heavy atom. The van der Waals surface area contributed by atoms with Crippen molar-refractivity contribution in [1.29, 1.82) is 0 Å². The lowest BCUT2D eigenvalue weighted by atomic mass is 10.1. The molecule has 0 aliphatic rings. The molecular weight excluding hydrogens is 532 g/mol. The highest BCUT2D eigenvalue weighted by Crippen LogP contribution is 2.35. The van der Waals surface area contributed by atoms with E-state index in [-0.39, 0.29) is 0 Å². The molecule has 4 heterocycles. The number of nitrogens with zero attached hydrogens (tertiary/aromatic N) is 6. The Kier molecular flexibility index (Phi) is 5.97. The van der Waals surface area contributed by atoms with Crippen molar-refractivity contribution in [1.82, 2.24) is 29.9 Å². The van der Waals surface area contributed by atoms with Gasteiger partial charge in [0.15, 0.2) is 28.9 Å². The molecule has 43 heavy (non-hydrogen) atoms. The van der Waals surface area contributed by atoms with Crippen molar-refractivity contribution in [3.8, 4) is 56.8 Å². The molecule has 0 saturated heterocycles. The van der Waals surface area contributed by atoms with Crippen LogP contribution >= 0.6 is 0 Å². The lowest BCUT2D eigenvalue weighted by molar-refractivity contribution is 0.652. The van der Waals surface area contributed by atoms with Crippen LogP contribution in [0.15, 0.2) is 138 Å². The van der Waals surface area contributed by atoms with E-state index in [9.17, 15) is 0 Å². The third-order valence-corrected chi connectivity index (χ3v) is 7.24. The largest absolute Gasteiger partial charge is 0.434 e. The van der Waals surface area contributed by atoms with E-state index in [4.69, 9.17) is 29.3 Å². The van der Waals surface area contributed by atoms with Gasteiger partial charge in [-0.05, 0) is 12.1 Å². The molecule has 0 atom stereocenters. The summed E-state index contributed by atoms with van der Waals surface area (Å²) in [6.45, 7) is 0. The molecule has 202 valence electrons. The van der Waals surface area contributed by atoms with Gasteiger partial charge in [0, 0.05) is 34.0 Å². The topological polar surface area (TPSA) is 90.5 Å². The molecule has 0 amide bonds. The minimum Gasteiger partial charge on any atom is -0.434 e. The van der Waals surface area contributed by atoms with Gasteiger partial charge in [0.2, 0.25) is 5.71 Å². The van der Waals surface area contributed by atoms with E-state index < -0.39 is 0 Å². The highest BCUT2D eigenvalue weighted by molar-refractivity contribution is 6.05. The number of benzene rings is 4. The van der Waals surface area contributed by atoms with E-state index in [1.165, 1.54) is 0 Å². The molecule has 0 spiro atoms. The van der Waals surface area contributed by atoms with E-state index in [0.29, 0.717) is 34.6 Å². The Labute approximate surface area is 246 Å². The summed E-state index contributed by atoms with van der Waals surface area (Å²) in [4.78, 5) is 28.8. The van der Waals surface area contributed by atoms with Gasteiger partial charge in [-0.25, -0.2) is 29.9 Å². The van der Waals surface area contributed by atoms with E-state index in [2.05, 4.69) is 4.98 Å². The number of aromatic nitrogens is 6. The summed E-state index contributed by atoms with van der Waals surface area (Å²) in [5, 5.41) is 0.849. The first-order valence-corrected chi connectivity index (χ1v) is 13.9. The lowest BCUT2D eigenvalue weighted by Gasteiger charge is -2.09. The molecule has 8 rings (SSSR count). The quantitative estimate of drug-likeness (QED) is 0.211. The van der Waals surface area contributed by atoms with Gasteiger partial charge in [-0.1, -0.05) is 115 Å². The van der Waals surface area contributed by atoms with Gasteiger partial charge in [-0.15, -0.1) is 0 Å². The lowest BCUT2D eigenvalue weighted by Crippen LogP contribution is -2.00. The number of hydrogen-bond donors (Lipinski definition) is 0. The zero-order valence-corrected chi connectivity index (χ0v) is 22.8.